The van der Waals surface area contributed by atoms with Crippen molar-refractivity contribution >= 4 is 5.91 Å². The first-order chi connectivity index (χ1) is 9.74. The Balaban J connectivity index is 1.92. The molecule has 1 aliphatic rings. The van der Waals surface area contributed by atoms with Crippen LogP contribution < -0.4 is 4.74 Å². The van der Waals surface area contributed by atoms with Crippen molar-refractivity contribution in [2.24, 2.45) is 0 Å². The first-order valence-corrected chi connectivity index (χ1v) is 7.47. The number of rotatable bonds is 5. The van der Waals surface area contributed by atoms with E-state index < -0.39 is 0 Å². The van der Waals surface area contributed by atoms with Gasteiger partial charge in [-0.25, -0.2) is 0 Å². The topological polar surface area (TPSA) is 32.8 Å². The minimum absolute atomic E-state index is 0.118. The maximum atomic E-state index is 12.5. The van der Waals surface area contributed by atoms with Gasteiger partial charge in [0.2, 0.25) is 0 Å². The van der Waals surface area contributed by atoms with Gasteiger partial charge >= 0.3 is 0 Å². The molecule has 0 aliphatic carbocycles. The van der Waals surface area contributed by atoms with E-state index in [9.17, 15) is 4.79 Å². The van der Waals surface area contributed by atoms with Gasteiger partial charge in [-0.15, -0.1) is 0 Å². The Hall–Kier alpha value is -1.55. The van der Waals surface area contributed by atoms with Crippen LogP contribution in [0, 0.1) is 0 Å². The third-order valence-corrected chi connectivity index (χ3v) is 3.80. The lowest BCUT2D eigenvalue weighted by molar-refractivity contribution is -0.140. The van der Waals surface area contributed by atoms with E-state index in [1.165, 1.54) is 0 Å². The molecule has 1 fully saturated rings. The van der Waals surface area contributed by atoms with Crippen LogP contribution in [-0.2, 0) is 4.79 Å². The lowest BCUT2D eigenvalue weighted by Crippen LogP contribution is -2.52. The summed E-state index contributed by atoms with van der Waals surface area (Å²) in [6.45, 7) is 8.75. The molecule has 4 nitrogen and oxygen atoms in total. The molecule has 1 aromatic carbocycles. The molecule has 0 saturated carbocycles. The van der Waals surface area contributed by atoms with Gasteiger partial charge in [-0.3, -0.25) is 4.79 Å². The summed E-state index contributed by atoms with van der Waals surface area (Å²) in [4.78, 5) is 16.8. The zero-order valence-corrected chi connectivity index (χ0v) is 12.4. The van der Waals surface area contributed by atoms with Crippen molar-refractivity contribution in [3.05, 3.63) is 30.3 Å². The minimum Gasteiger partial charge on any atom is -0.481 e. The van der Waals surface area contributed by atoms with Crippen molar-refractivity contribution in [2.75, 3.05) is 32.7 Å². The zero-order valence-electron chi connectivity index (χ0n) is 12.4. The first-order valence-electron chi connectivity index (χ1n) is 7.47. The summed E-state index contributed by atoms with van der Waals surface area (Å²) in [5.41, 5.74) is 0. The number of para-hydroxylation sites is 1. The summed E-state index contributed by atoms with van der Waals surface area (Å²) in [5.74, 6) is 0.881. The van der Waals surface area contributed by atoms with E-state index in [4.69, 9.17) is 4.74 Å². The summed E-state index contributed by atoms with van der Waals surface area (Å²) in [5, 5.41) is 0. The van der Waals surface area contributed by atoms with E-state index in [0.717, 1.165) is 38.5 Å². The van der Waals surface area contributed by atoms with Crippen LogP contribution in [0.4, 0.5) is 0 Å². The molecule has 4 heteroatoms. The molecular formula is C16H24N2O2. The van der Waals surface area contributed by atoms with Gasteiger partial charge in [-0.1, -0.05) is 32.0 Å². The fraction of sp³-hybridized carbons (Fsp3) is 0.562. The lowest BCUT2D eigenvalue weighted by atomic mass is 10.2. The molecule has 0 radical (unpaired) electrons. The number of carbonyl (C=O) groups excluding carboxylic acids is 1. The Morgan fingerprint density at radius 2 is 1.80 bits per heavy atom. The van der Waals surface area contributed by atoms with Crippen LogP contribution in [0.1, 0.15) is 20.3 Å². The van der Waals surface area contributed by atoms with E-state index >= 15 is 0 Å². The Labute approximate surface area is 121 Å². The fourth-order valence-electron chi connectivity index (χ4n) is 2.46. The smallest absolute Gasteiger partial charge is 0.263 e. The molecule has 0 unspecified atom stereocenters. The lowest BCUT2D eigenvalue weighted by Gasteiger charge is -2.35. The van der Waals surface area contributed by atoms with Crippen molar-refractivity contribution in [1.82, 2.24) is 9.80 Å². The van der Waals surface area contributed by atoms with Crippen LogP contribution in [0.2, 0.25) is 0 Å². The molecule has 1 amide bonds. The van der Waals surface area contributed by atoms with E-state index in [1.807, 2.05) is 42.2 Å². The van der Waals surface area contributed by atoms with E-state index in [1.54, 1.807) is 0 Å². The number of amides is 1. The van der Waals surface area contributed by atoms with Crippen molar-refractivity contribution in [3.63, 3.8) is 0 Å². The Morgan fingerprint density at radius 1 is 1.15 bits per heavy atom. The third-order valence-electron chi connectivity index (χ3n) is 3.80. The molecule has 20 heavy (non-hydrogen) atoms. The van der Waals surface area contributed by atoms with Crippen molar-refractivity contribution < 1.29 is 9.53 Å². The van der Waals surface area contributed by atoms with E-state index in [0.29, 0.717) is 6.42 Å². The predicted octanol–water partition coefficient (Wildman–Crippen LogP) is 2.01. The summed E-state index contributed by atoms with van der Waals surface area (Å²) in [7, 11) is 0. The Kier molecular flexibility index (Phi) is 5.41. The highest BCUT2D eigenvalue weighted by molar-refractivity contribution is 5.81. The van der Waals surface area contributed by atoms with Gasteiger partial charge in [-0.05, 0) is 25.1 Å². The van der Waals surface area contributed by atoms with E-state index in [2.05, 4.69) is 11.8 Å². The molecule has 1 heterocycles. The van der Waals surface area contributed by atoms with Gasteiger partial charge in [0, 0.05) is 26.2 Å². The molecule has 1 saturated heterocycles. The monoisotopic (exact) mass is 276 g/mol. The van der Waals surface area contributed by atoms with Crippen LogP contribution in [0.3, 0.4) is 0 Å². The van der Waals surface area contributed by atoms with Gasteiger partial charge in [0.15, 0.2) is 6.10 Å². The maximum absolute atomic E-state index is 12.5. The molecule has 1 aromatic rings. The highest BCUT2D eigenvalue weighted by atomic mass is 16.5. The highest BCUT2D eigenvalue weighted by Gasteiger charge is 2.27. The molecule has 1 atom stereocenters. The molecule has 0 bridgehead atoms. The molecule has 1 aliphatic heterocycles. The number of ether oxygens (including phenoxy) is 1. The van der Waals surface area contributed by atoms with Gasteiger partial charge in [0.05, 0.1) is 0 Å². The van der Waals surface area contributed by atoms with Crippen molar-refractivity contribution in [3.8, 4) is 5.75 Å². The second-order valence-corrected chi connectivity index (χ2v) is 5.09. The number of hydrogen-bond acceptors (Lipinski definition) is 3. The summed E-state index contributed by atoms with van der Waals surface area (Å²) in [6.07, 6.45) is 0.326. The summed E-state index contributed by atoms with van der Waals surface area (Å²) < 4.78 is 5.83. The molecule has 2 rings (SSSR count). The van der Waals surface area contributed by atoms with Crippen molar-refractivity contribution in [1.29, 1.82) is 0 Å². The van der Waals surface area contributed by atoms with Gasteiger partial charge in [0.25, 0.3) is 5.91 Å². The minimum atomic E-state index is -0.370. The molecular weight excluding hydrogens is 252 g/mol. The quantitative estimate of drug-likeness (QED) is 0.824. The van der Waals surface area contributed by atoms with Gasteiger partial charge in [0.1, 0.15) is 5.75 Å². The van der Waals surface area contributed by atoms with Crippen LogP contribution in [0.15, 0.2) is 30.3 Å². The zero-order chi connectivity index (χ0) is 14.4. The van der Waals surface area contributed by atoms with Crippen LogP contribution in [0.25, 0.3) is 0 Å². The second-order valence-electron chi connectivity index (χ2n) is 5.09. The molecule has 0 N–H and O–H groups in total. The fourth-order valence-corrected chi connectivity index (χ4v) is 2.46. The van der Waals surface area contributed by atoms with Crippen LogP contribution in [0.5, 0.6) is 5.75 Å². The average Bonchev–Trinajstić information content (AvgIpc) is 2.53. The highest BCUT2D eigenvalue weighted by Crippen LogP contribution is 2.15. The number of benzene rings is 1. The Morgan fingerprint density at radius 3 is 2.35 bits per heavy atom. The number of hydrogen-bond donors (Lipinski definition) is 0. The standard InChI is InChI=1S/C16H24N2O2/c1-3-15(20-14-8-6-5-7-9-14)16(19)18-12-10-17(4-2)11-13-18/h5-9,15H,3-4,10-13H2,1-2H3/t15-/m0/s1. The van der Waals surface area contributed by atoms with Crippen molar-refractivity contribution in [2.45, 2.75) is 26.4 Å². The number of carbonyl (C=O) groups is 1. The number of likely N-dealkylation sites (N-methyl/N-ethyl adjacent to an activating group) is 1. The molecule has 110 valence electrons. The number of piperazine rings is 1. The van der Waals surface area contributed by atoms with Gasteiger partial charge in [-0.2, -0.15) is 0 Å². The van der Waals surface area contributed by atoms with E-state index in [-0.39, 0.29) is 12.0 Å². The van der Waals surface area contributed by atoms with Crippen LogP contribution in [-0.4, -0.2) is 54.5 Å². The molecule has 0 spiro atoms. The Bertz CT molecular complexity index is 414. The predicted molar refractivity (Wildman–Crippen MR) is 79.8 cm³/mol. The molecule has 0 aromatic heterocycles. The summed E-state index contributed by atoms with van der Waals surface area (Å²) in [6, 6.07) is 9.58. The van der Waals surface area contributed by atoms with Crippen LogP contribution >= 0.6 is 0 Å². The first kappa shape index (κ1) is 14.9. The largest absolute Gasteiger partial charge is 0.481 e. The third kappa shape index (κ3) is 3.73. The van der Waals surface area contributed by atoms with Gasteiger partial charge < -0.3 is 14.5 Å². The normalized spacial score (nSPS) is 17.8. The average molecular weight is 276 g/mol. The summed E-state index contributed by atoms with van der Waals surface area (Å²) >= 11 is 0. The number of nitrogens with zero attached hydrogens (tertiary/aromatic N) is 2. The SMILES string of the molecule is CC[C@H](Oc1ccccc1)C(=O)N1CCN(CC)CC1. The second kappa shape index (κ2) is 7.29. The maximum Gasteiger partial charge on any atom is 0.263 e.